The molecule has 0 bridgehead atoms. The summed E-state index contributed by atoms with van der Waals surface area (Å²) in [5, 5.41) is 0. The maximum atomic E-state index is 11.2. The molecule has 0 spiro atoms. The van der Waals surface area contributed by atoms with Crippen LogP contribution in [0.5, 0.6) is 0 Å². The number of esters is 1. The molecule has 17 heavy (non-hydrogen) atoms. The first-order chi connectivity index (χ1) is 8.04. The number of ether oxygens (including phenoxy) is 1. The lowest BCUT2D eigenvalue weighted by Gasteiger charge is -2.19. The highest BCUT2D eigenvalue weighted by Crippen LogP contribution is 2.20. The second kappa shape index (κ2) is 6.40. The van der Waals surface area contributed by atoms with Gasteiger partial charge in [-0.3, -0.25) is 9.69 Å². The van der Waals surface area contributed by atoms with E-state index >= 15 is 0 Å². The Balaban J connectivity index is 2.71. The molecule has 3 heteroatoms. The monoisotopic (exact) mass is 235 g/mol. The van der Waals surface area contributed by atoms with Crippen LogP contribution in [0.25, 0.3) is 0 Å². The van der Waals surface area contributed by atoms with Gasteiger partial charge in [-0.1, -0.05) is 38.1 Å². The third-order valence-electron chi connectivity index (χ3n) is 2.74. The van der Waals surface area contributed by atoms with Crippen molar-refractivity contribution in [1.29, 1.82) is 0 Å². The van der Waals surface area contributed by atoms with Gasteiger partial charge in [-0.25, -0.2) is 0 Å². The van der Waals surface area contributed by atoms with Crippen molar-refractivity contribution in [2.45, 2.75) is 26.3 Å². The summed E-state index contributed by atoms with van der Waals surface area (Å²) in [5.74, 6) is 0.298. The van der Waals surface area contributed by atoms with Crippen LogP contribution in [0.1, 0.15) is 30.9 Å². The van der Waals surface area contributed by atoms with Crippen LogP contribution < -0.4 is 0 Å². The summed E-state index contributed by atoms with van der Waals surface area (Å²) in [4.78, 5) is 13.1. The van der Waals surface area contributed by atoms with Gasteiger partial charge in [0, 0.05) is 6.54 Å². The number of rotatable bonds is 5. The first-order valence-corrected chi connectivity index (χ1v) is 5.87. The van der Waals surface area contributed by atoms with Crippen LogP contribution in [0, 0.1) is 0 Å². The van der Waals surface area contributed by atoms with Gasteiger partial charge in [-0.15, -0.1) is 0 Å². The van der Waals surface area contributed by atoms with Crippen LogP contribution in [0.15, 0.2) is 24.3 Å². The molecule has 0 aliphatic carbocycles. The molecule has 0 fully saturated rings. The van der Waals surface area contributed by atoms with E-state index in [4.69, 9.17) is 0 Å². The number of hydrogen-bond donors (Lipinski definition) is 0. The number of benzene rings is 1. The van der Waals surface area contributed by atoms with Gasteiger partial charge < -0.3 is 4.74 Å². The van der Waals surface area contributed by atoms with Gasteiger partial charge in [-0.05, 0) is 24.1 Å². The van der Waals surface area contributed by atoms with Crippen molar-refractivity contribution in [3.8, 4) is 0 Å². The Morgan fingerprint density at radius 1 is 1.35 bits per heavy atom. The minimum atomic E-state index is -0.200. The third kappa shape index (κ3) is 4.19. The highest BCUT2D eigenvalue weighted by atomic mass is 16.5. The van der Waals surface area contributed by atoms with E-state index in [9.17, 15) is 4.79 Å². The predicted molar refractivity (Wildman–Crippen MR) is 68.9 cm³/mol. The van der Waals surface area contributed by atoms with Gasteiger partial charge in [-0.2, -0.15) is 0 Å². The molecule has 3 nitrogen and oxygen atoms in total. The summed E-state index contributed by atoms with van der Waals surface area (Å²) in [6.45, 7) is 5.45. The van der Waals surface area contributed by atoms with Gasteiger partial charge in [0.2, 0.25) is 0 Å². The van der Waals surface area contributed by atoms with Gasteiger partial charge in [0.05, 0.1) is 13.7 Å². The Morgan fingerprint density at radius 2 is 2.00 bits per heavy atom. The van der Waals surface area contributed by atoms with Crippen LogP contribution in [-0.4, -0.2) is 31.6 Å². The molecule has 1 rings (SSSR count). The average Bonchev–Trinajstić information content (AvgIpc) is 2.29. The lowest BCUT2D eigenvalue weighted by molar-refractivity contribution is -0.141. The van der Waals surface area contributed by atoms with E-state index in [2.05, 4.69) is 36.8 Å². The molecule has 0 unspecified atom stereocenters. The van der Waals surface area contributed by atoms with Gasteiger partial charge in [0.15, 0.2) is 0 Å². The van der Waals surface area contributed by atoms with Crippen LogP contribution in [0.3, 0.4) is 0 Å². The zero-order chi connectivity index (χ0) is 12.8. The number of carbonyl (C=O) groups excluding carboxylic acids is 1. The summed E-state index contributed by atoms with van der Waals surface area (Å²) in [5.41, 5.74) is 2.61. The van der Waals surface area contributed by atoms with Crippen LogP contribution in [0.4, 0.5) is 0 Å². The van der Waals surface area contributed by atoms with Crippen LogP contribution >= 0.6 is 0 Å². The highest BCUT2D eigenvalue weighted by molar-refractivity contribution is 5.71. The second-order valence-electron chi connectivity index (χ2n) is 4.60. The van der Waals surface area contributed by atoms with Gasteiger partial charge in [0.25, 0.3) is 0 Å². The molecule has 94 valence electrons. The molecule has 0 saturated carbocycles. The number of carbonyl (C=O) groups is 1. The van der Waals surface area contributed by atoms with Crippen molar-refractivity contribution in [3.05, 3.63) is 35.4 Å². The zero-order valence-corrected chi connectivity index (χ0v) is 11.1. The number of nitrogens with zero attached hydrogens (tertiary/aromatic N) is 1. The molecule has 0 aliphatic heterocycles. The van der Waals surface area contributed by atoms with E-state index in [1.165, 1.54) is 18.2 Å². The summed E-state index contributed by atoms with van der Waals surface area (Å²) < 4.78 is 4.66. The van der Waals surface area contributed by atoms with E-state index in [-0.39, 0.29) is 5.97 Å². The molecule has 0 heterocycles. The van der Waals surface area contributed by atoms with Crippen LogP contribution in [-0.2, 0) is 16.1 Å². The Kier molecular flexibility index (Phi) is 5.16. The normalized spacial score (nSPS) is 10.9. The second-order valence-corrected chi connectivity index (χ2v) is 4.60. The Hall–Kier alpha value is -1.35. The minimum Gasteiger partial charge on any atom is -0.468 e. The fourth-order valence-electron chi connectivity index (χ4n) is 1.87. The maximum Gasteiger partial charge on any atom is 0.319 e. The Morgan fingerprint density at radius 3 is 2.59 bits per heavy atom. The highest BCUT2D eigenvalue weighted by Gasteiger charge is 2.10. The molecule has 0 atom stereocenters. The predicted octanol–water partition coefficient (Wildman–Crippen LogP) is 2.41. The van der Waals surface area contributed by atoms with E-state index in [0.29, 0.717) is 12.5 Å². The lowest BCUT2D eigenvalue weighted by atomic mass is 9.97. The van der Waals surface area contributed by atoms with Crippen molar-refractivity contribution in [2.75, 3.05) is 20.7 Å². The molecule has 0 aliphatic rings. The van der Waals surface area contributed by atoms with E-state index in [0.717, 1.165) is 6.54 Å². The van der Waals surface area contributed by atoms with Gasteiger partial charge >= 0.3 is 5.97 Å². The quantitative estimate of drug-likeness (QED) is 0.734. The summed E-state index contributed by atoms with van der Waals surface area (Å²) in [6.07, 6.45) is 0. The molecule has 0 amide bonds. The van der Waals surface area contributed by atoms with Crippen molar-refractivity contribution in [1.82, 2.24) is 4.90 Å². The summed E-state index contributed by atoms with van der Waals surface area (Å²) >= 11 is 0. The SMILES string of the molecule is COC(=O)CN(C)Cc1ccccc1C(C)C. The van der Waals surface area contributed by atoms with E-state index < -0.39 is 0 Å². The zero-order valence-electron chi connectivity index (χ0n) is 11.1. The summed E-state index contributed by atoms with van der Waals surface area (Å²) in [7, 11) is 3.34. The molecule has 0 radical (unpaired) electrons. The summed E-state index contributed by atoms with van der Waals surface area (Å²) in [6, 6.07) is 8.35. The Labute approximate surface area is 103 Å². The third-order valence-corrected chi connectivity index (χ3v) is 2.74. The lowest BCUT2D eigenvalue weighted by Crippen LogP contribution is -2.26. The molecule has 0 N–H and O–H groups in total. The molecular formula is C14H21NO2. The number of methoxy groups -OCH3 is 1. The van der Waals surface area contributed by atoms with Crippen molar-refractivity contribution < 1.29 is 9.53 Å². The van der Waals surface area contributed by atoms with E-state index in [1.807, 2.05) is 18.0 Å². The molecule has 0 aromatic heterocycles. The fourth-order valence-corrected chi connectivity index (χ4v) is 1.87. The fraction of sp³-hybridized carbons (Fsp3) is 0.500. The maximum absolute atomic E-state index is 11.2. The topological polar surface area (TPSA) is 29.5 Å². The van der Waals surface area contributed by atoms with E-state index in [1.54, 1.807) is 0 Å². The largest absolute Gasteiger partial charge is 0.468 e. The molecule has 1 aromatic carbocycles. The van der Waals surface area contributed by atoms with Gasteiger partial charge in [0.1, 0.15) is 0 Å². The first kappa shape index (κ1) is 13.7. The minimum absolute atomic E-state index is 0.200. The first-order valence-electron chi connectivity index (χ1n) is 5.87. The van der Waals surface area contributed by atoms with Crippen molar-refractivity contribution in [3.63, 3.8) is 0 Å². The number of likely N-dealkylation sites (N-methyl/N-ethyl adjacent to an activating group) is 1. The van der Waals surface area contributed by atoms with Crippen molar-refractivity contribution in [2.24, 2.45) is 0 Å². The van der Waals surface area contributed by atoms with Crippen LogP contribution in [0.2, 0.25) is 0 Å². The molecule has 1 aromatic rings. The van der Waals surface area contributed by atoms with Crippen molar-refractivity contribution >= 4 is 5.97 Å². The Bertz CT molecular complexity index is 374. The molecule has 0 saturated heterocycles. The smallest absolute Gasteiger partial charge is 0.319 e. The standard InChI is InChI=1S/C14H21NO2/c1-11(2)13-8-6-5-7-12(13)9-15(3)10-14(16)17-4/h5-8,11H,9-10H2,1-4H3. The molecular weight excluding hydrogens is 214 g/mol. The number of hydrogen-bond acceptors (Lipinski definition) is 3. The average molecular weight is 235 g/mol.